The average Bonchev–Trinajstić information content (AvgIpc) is 3.24. The summed E-state index contributed by atoms with van der Waals surface area (Å²) in [5.74, 6) is -0.484. The van der Waals surface area contributed by atoms with Crippen molar-refractivity contribution in [2.45, 2.75) is 63.3 Å². The number of ether oxygens (including phenoxy) is 1. The maximum Gasteiger partial charge on any atom is 0.421 e. The molecule has 2 unspecified atom stereocenters. The van der Waals surface area contributed by atoms with Crippen LogP contribution < -0.4 is 16.0 Å². The highest BCUT2D eigenvalue weighted by Crippen LogP contribution is 2.40. The van der Waals surface area contributed by atoms with Crippen molar-refractivity contribution in [3.05, 3.63) is 23.7 Å². The van der Waals surface area contributed by atoms with Gasteiger partial charge in [0.05, 0.1) is 36.6 Å². The van der Waals surface area contributed by atoms with Crippen LogP contribution in [-0.2, 0) is 15.7 Å². The Kier molecular flexibility index (Phi) is 7.26. The van der Waals surface area contributed by atoms with Crippen LogP contribution in [0.2, 0.25) is 0 Å². The van der Waals surface area contributed by atoms with E-state index in [0.717, 1.165) is 24.7 Å². The molecule has 3 fully saturated rings. The number of hydrogen-bond acceptors (Lipinski definition) is 8. The molecule has 10 nitrogen and oxygen atoms in total. The second kappa shape index (κ2) is 10.4. The molecule has 37 heavy (non-hydrogen) atoms. The Morgan fingerprint density at radius 3 is 2.54 bits per heavy atom. The minimum absolute atomic E-state index is 0.0554. The Balaban J connectivity index is 1.22. The molecule has 2 bridgehead atoms. The maximum atomic E-state index is 13.6. The van der Waals surface area contributed by atoms with Gasteiger partial charge in [-0.1, -0.05) is 0 Å². The Bertz CT molecular complexity index is 1110. The van der Waals surface area contributed by atoms with Gasteiger partial charge in [0.2, 0.25) is 11.9 Å². The van der Waals surface area contributed by atoms with Gasteiger partial charge in [0.1, 0.15) is 11.4 Å². The van der Waals surface area contributed by atoms with Gasteiger partial charge in [-0.15, -0.1) is 0 Å². The summed E-state index contributed by atoms with van der Waals surface area (Å²) in [6.07, 6.45) is 3.00. The number of carbonyl (C=O) groups is 1. The number of hydrogen-bond donors (Lipinski definition) is 3. The van der Waals surface area contributed by atoms with E-state index in [9.17, 15) is 18.0 Å². The summed E-state index contributed by atoms with van der Waals surface area (Å²) in [5.41, 5.74) is 0.458. The highest BCUT2D eigenvalue weighted by atomic mass is 19.4. The van der Waals surface area contributed by atoms with Crippen molar-refractivity contribution in [2.24, 2.45) is 5.92 Å². The normalized spacial score (nSPS) is 24.1. The van der Waals surface area contributed by atoms with Gasteiger partial charge in [-0.25, -0.2) is 4.98 Å². The van der Waals surface area contributed by atoms with Crippen LogP contribution >= 0.6 is 0 Å². The van der Waals surface area contributed by atoms with Gasteiger partial charge in [-0.2, -0.15) is 23.3 Å². The van der Waals surface area contributed by atoms with Crippen LogP contribution in [-0.4, -0.2) is 76.0 Å². The van der Waals surface area contributed by atoms with Gasteiger partial charge < -0.3 is 25.6 Å². The molecule has 1 amide bonds. The van der Waals surface area contributed by atoms with E-state index < -0.39 is 11.7 Å². The summed E-state index contributed by atoms with van der Waals surface area (Å²) in [6.45, 7) is 3.23. The molecule has 3 aliphatic rings. The minimum atomic E-state index is -4.60. The molecule has 5 rings (SSSR count). The van der Waals surface area contributed by atoms with E-state index in [1.165, 1.54) is 12.8 Å². The molecule has 2 aromatic rings. The summed E-state index contributed by atoms with van der Waals surface area (Å²) in [4.78, 5) is 22.3. The van der Waals surface area contributed by atoms with Crippen LogP contribution in [0.1, 0.15) is 49.4 Å². The highest BCUT2D eigenvalue weighted by molar-refractivity contribution is 5.79. The Morgan fingerprint density at radius 2 is 1.89 bits per heavy atom. The number of nitrogens with one attached hydrogen (secondary N) is 3. The summed E-state index contributed by atoms with van der Waals surface area (Å²) >= 11 is 0. The van der Waals surface area contributed by atoms with Crippen LogP contribution in [0.15, 0.2) is 12.4 Å². The lowest BCUT2D eigenvalue weighted by Gasteiger charge is -2.36. The van der Waals surface area contributed by atoms with Crippen molar-refractivity contribution >= 4 is 23.4 Å². The number of alkyl halides is 3. The molecule has 3 saturated heterocycles. The largest absolute Gasteiger partial charge is 0.421 e. The first-order valence-corrected chi connectivity index (χ1v) is 12.8. The number of carbonyl (C=O) groups excluding carboxylic acids is 1. The van der Waals surface area contributed by atoms with E-state index in [2.05, 4.69) is 43.0 Å². The number of halogens is 3. The number of fused-ring (bicyclic) bond motifs is 2. The van der Waals surface area contributed by atoms with E-state index in [1.807, 2.05) is 17.8 Å². The molecule has 202 valence electrons. The molecule has 0 aliphatic carbocycles. The minimum Gasteiger partial charge on any atom is -0.380 e. The van der Waals surface area contributed by atoms with E-state index in [1.54, 1.807) is 0 Å². The van der Waals surface area contributed by atoms with Crippen molar-refractivity contribution in [1.82, 2.24) is 30.0 Å². The lowest BCUT2D eigenvalue weighted by molar-refractivity contribution is -0.139. The predicted octanol–water partition coefficient (Wildman–Crippen LogP) is 3.11. The summed E-state index contributed by atoms with van der Waals surface area (Å²) in [7, 11) is 2.19. The van der Waals surface area contributed by atoms with Crippen molar-refractivity contribution < 1.29 is 22.7 Å². The average molecular weight is 523 g/mol. The quantitative estimate of drug-likeness (QED) is 0.431. The summed E-state index contributed by atoms with van der Waals surface area (Å²) in [5, 5.41) is 13.3. The number of amides is 1. The zero-order valence-corrected chi connectivity index (χ0v) is 21.0. The van der Waals surface area contributed by atoms with Gasteiger partial charge in [0.25, 0.3) is 0 Å². The topological polar surface area (TPSA) is 109 Å². The van der Waals surface area contributed by atoms with Crippen molar-refractivity contribution in [1.29, 1.82) is 0 Å². The smallest absolute Gasteiger partial charge is 0.380 e. The zero-order chi connectivity index (χ0) is 26.2. The van der Waals surface area contributed by atoms with E-state index >= 15 is 0 Å². The van der Waals surface area contributed by atoms with E-state index in [4.69, 9.17) is 4.74 Å². The first-order chi connectivity index (χ1) is 17.7. The summed E-state index contributed by atoms with van der Waals surface area (Å²) in [6, 6.07) is 1.43. The third-order valence-corrected chi connectivity index (χ3v) is 7.66. The number of aromatic nitrogens is 4. The van der Waals surface area contributed by atoms with E-state index in [-0.39, 0.29) is 30.1 Å². The molecule has 13 heteroatoms. The number of aryl methyl sites for hydroxylation is 1. The predicted molar refractivity (Wildman–Crippen MR) is 131 cm³/mol. The number of anilines is 3. The summed E-state index contributed by atoms with van der Waals surface area (Å²) < 4.78 is 47.7. The molecule has 3 aliphatic heterocycles. The van der Waals surface area contributed by atoms with Crippen molar-refractivity contribution in [2.75, 3.05) is 44.0 Å². The van der Waals surface area contributed by atoms with Crippen LogP contribution in [0.5, 0.6) is 0 Å². The van der Waals surface area contributed by atoms with Gasteiger partial charge in [-0.05, 0) is 46.1 Å². The van der Waals surface area contributed by atoms with Crippen LogP contribution in [0.4, 0.5) is 30.6 Å². The maximum absolute atomic E-state index is 13.6. The lowest BCUT2D eigenvalue weighted by atomic mass is 9.98. The molecule has 3 N–H and O–H groups in total. The Hall–Kier alpha value is -2.93. The first kappa shape index (κ1) is 25.7. The SMILES string of the molecule is Cc1nn(C2CC3CCC(C2)N3C)cc1Nc1ncc(C(F)(F)F)c(NCCCNC(=O)C2COC2)n1. The monoisotopic (exact) mass is 522 g/mol. The molecule has 2 atom stereocenters. The molecular weight excluding hydrogens is 489 g/mol. The standard InChI is InChI=1S/C24H33F3N8O2/c1-14-20(11-35(33-14)18-8-16-4-5-17(9-18)34(16)2)31-23-30-10-19(24(25,26)27)21(32-23)28-6-3-7-29-22(36)15-12-37-13-15/h10-11,15-18H,3-9,12-13H2,1-2H3,(H,29,36)(H2,28,30,31,32). The fraction of sp³-hybridized carbons (Fsp3) is 0.667. The molecule has 0 spiro atoms. The zero-order valence-electron chi connectivity index (χ0n) is 21.0. The third kappa shape index (κ3) is 5.66. The third-order valence-electron chi connectivity index (χ3n) is 7.66. The second-order valence-electron chi connectivity index (χ2n) is 10.2. The fourth-order valence-electron chi connectivity index (χ4n) is 5.33. The van der Waals surface area contributed by atoms with Crippen LogP contribution in [0.25, 0.3) is 0 Å². The molecule has 2 aromatic heterocycles. The van der Waals surface area contributed by atoms with Crippen molar-refractivity contribution in [3.63, 3.8) is 0 Å². The van der Waals surface area contributed by atoms with E-state index in [0.29, 0.717) is 50.0 Å². The van der Waals surface area contributed by atoms with Gasteiger partial charge in [0, 0.05) is 37.6 Å². The van der Waals surface area contributed by atoms with Gasteiger partial charge in [0.15, 0.2) is 0 Å². The molecular formula is C24H33F3N8O2. The highest BCUT2D eigenvalue weighted by Gasteiger charge is 2.39. The number of nitrogens with zero attached hydrogens (tertiary/aromatic N) is 5. The Labute approximate surface area is 213 Å². The molecule has 5 heterocycles. The fourth-order valence-corrected chi connectivity index (χ4v) is 5.33. The van der Waals surface area contributed by atoms with Gasteiger partial charge >= 0.3 is 6.18 Å². The van der Waals surface area contributed by atoms with Gasteiger partial charge in [-0.3, -0.25) is 9.48 Å². The van der Waals surface area contributed by atoms with Crippen LogP contribution in [0.3, 0.4) is 0 Å². The van der Waals surface area contributed by atoms with Crippen molar-refractivity contribution in [3.8, 4) is 0 Å². The lowest BCUT2D eigenvalue weighted by Crippen LogP contribution is -2.42. The number of piperidine rings is 1. The molecule has 0 saturated carbocycles. The van der Waals surface area contributed by atoms with Crippen LogP contribution in [0, 0.1) is 12.8 Å². The molecule has 0 aromatic carbocycles. The first-order valence-electron chi connectivity index (χ1n) is 12.8. The Morgan fingerprint density at radius 1 is 1.16 bits per heavy atom. The molecule has 0 radical (unpaired) electrons. The number of rotatable bonds is 9. The second-order valence-corrected chi connectivity index (χ2v) is 10.2.